The highest BCUT2D eigenvalue weighted by molar-refractivity contribution is 5.88. The monoisotopic (exact) mass is 160 g/mol. The third-order valence-electron chi connectivity index (χ3n) is 1.78. The summed E-state index contributed by atoms with van der Waals surface area (Å²) in [6, 6.07) is 1.86. The van der Waals surface area contributed by atoms with E-state index in [2.05, 4.69) is 15.0 Å². The predicted molar refractivity (Wildman–Crippen MR) is 46.5 cm³/mol. The van der Waals surface area contributed by atoms with Crippen LogP contribution in [-0.4, -0.2) is 15.0 Å². The molecule has 0 fully saturated rings. The number of aromatic nitrogens is 3. The van der Waals surface area contributed by atoms with Gasteiger partial charge in [-0.05, 0) is 13.0 Å². The highest BCUT2D eigenvalue weighted by atomic mass is 14.9. The number of fused-ring (bicyclic) bond motifs is 1. The molecule has 2 aromatic heterocycles. The molecular weight excluding hydrogens is 152 g/mol. The van der Waals surface area contributed by atoms with E-state index in [4.69, 9.17) is 5.73 Å². The summed E-state index contributed by atoms with van der Waals surface area (Å²) in [4.78, 5) is 12.0. The van der Waals surface area contributed by atoms with Gasteiger partial charge in [-0.15, -0.1) is 0 Å². The summed E-state index contributed by atoms with van der Waals surface area (Å²) in [5, 5.41) is 0.963. The zero-order valence-corrected chi connectivity index (χ0v) is 6.65. The van der Waals surface area contributed by atoms with Gasteiger partial charge < -0.3 is 5.73 Å². The Morgan fingerprint density at radius 2 is 2.08 bits per heavy atom. The molecule has 60 valence electrons. The van der Waals surface area contributed by atoms with Crippen LogP contribution in [0.3, 0.4) is 0 Å². The number of pyridine rings is 1. The van der Waals surface area contributed by atoms with E-state index in [1.807, 2.05) is 13.0 Å². The van der Waals surface area contributed by atoms with E-state index in [1.54, 1.807) is 6.20 Å². The van der Waals surface area contributed by atoms with Crippen LogP contribution in [0.5, 0.6) is 0 Å². The molecule has 0 saturated carbocycles. The number of hydrogen-bond donors (Lipinski definition) is 1. The average molecular weight is 160 g/mol. The molecule has 0 amide bonds. The first-order valence-electron chi connectivity index (χ1n) is 3.61. The first kappa shape index (κ1) is 6.97. The third-order valence-corrected chi connectivity index (χ3v) is 1.78. The summed E-state index contributed by atoms with van der Waals surface area (Å²) in [7, 11) is 0. The van der Waals surface area contributed by atoms with Gasteiger partial charge in [-0.1, -0.05) is 0 Å². The quantitative estimate of drug-likeness (QED) is 0.622. The molecule has 0 unspecified atom stereocenters. The largest absolute Gasteiger partial charge is 0.382 e. The second kappa shape index (κ2) is 2.41. The van der Waals surface area contributed by atoms with Gasteiger partial charge in [0, 0.05) is 17.3 Å². The van der Waals surface area contributed by atoms with E-state index in [1.165, 1.54) is 6.33 Å². The first-order chi connectivity index (χ1) is 5.79. The zero-order chi connectivity index (χ0) is 8.55. The molecule has 0 radical (unpaired) electrons. The minimum Gasteiger partial charge on any atom is -0.382 e. The molecule has 2 heterocycles. The van der Waals surface area contributed by atoms with Crippen LogP contribution in [0.1, 0.15) is 5.69 Å². The van der Waals surface area contributed by atoms with Crippen molar-refractivity contribution in [2.75, 3.05) is 5.73 Å². The van der Waals surface area contributed by atoms with Gasteiger partial charge >= 0.3 is 0 Å². The van der Waals surface area contributed by atoms with Crippen molar-refractivity contribution in [1.82, 2.24) is 15.0 Å². The van der Waals surface area contributed by atoms with E-state index in [0.29, 0.717) is 5.82 Å². The van der Waals surface area contributed by atoms with Crippen LogP contribution in [0.15, 0.2) is 18.6 Å². The first-order valence-corrected chi connectivity index (χ1v) is 3.61. The number of anilines is 1. The molecule has 0 aliphatic carbocycles. The van der Waals surface area contributed by atoms with Gasteiger partial charge in [0.2, 0.25) is 0 Å². The van der Waals surface area contributed by atoms with Crippen LogP contribution >= 0.6 is 0 Å². The molecular formula is C8H8N4. The van der Waals surface area contributed by atoms with Crippen LogP contribution in [0, 0.1) is 6.92 Å². The number of aryl methyl sites for hydroxylation is 1. The van der Waals surface area contributed by atoms with E-state index in [-0.39, 0.29) is 0 Å². The molecule has 0 spiro atoms. The zero-order valence-electron chi connectivity index (χ0n) is 6.65. The minimum absolute atomic E-state index is 0.456. The molecule has 12 heavy (non-hydrogen) atoms. The minimum atomic E-state index is 0.456. The number of nitrogens with zero attached hydrogens (tertiary/aromatic N) is 3. The lowest BCUT2D eigenvalue weighted by Gasteiger charge is -2.00. The summed E-state index contributed by atoms with van der Waals surface area (Å²) in [6.45, 7) is 1.92. The third kappa shape index (κ3) is 0.887. The van der Waals surface area contributed by atoms with E-state index in [9.17, 15) is 0 Å². The van der Waals surface area contributed by atoms with Crippen molar-refractivity contribution >= 4 is 16.7 Å². The Morgan fingerprint density at radius 3 is 2.83 bits per heavy atom. The van der Waals surface area contributed by atoms with E-state index in [0.717, 1.165) is 16.6 Å². The molecule has 0 aromatic carbocycles. The van der Waals surface area contributed by atoms with Crippen molar-refractivity contribution in [3.63, 3.8) is 0 Å². The van der Waals surface area contributed by atoms with Gasteiger partial charge in [0.05, 0.1) is 0 Å². The molecule has 0 aliphatic rings. The fourth-order valence-corrected chi connectivity index (χ4v) is 1.14. The van der Waals surface area contributed by atoms with Crippen LogP contribution in [0.2, 0.25) is 0 Å². The fourth-order valence-electron chi connectivity index (χ4n) is 1.14. The number of nitrogen functional groups attached to an aromatic ring is 1. The maximum Gasteiger partial charge on any atom is 0.150 e. The number of rotatable bonds is 0. The SMILES string of the molecule is Cc1ncnc2c(N)nccc12. The summed E-state index contributed by atoms with van der Waals surface area (Å²) < 4.78 is 0. The van der Waals surface area contributed by atoms with Gasteiger partial charge in [0.25, 0.3) is 0 Å². The standard InChI is InChI=1S/C8H8N4/c1-5-6-2-3-10-8(9)7(6)12-4-11-5/h2-4H,1H3,(H2,9,10). The van der Waals surface area contributed by atoms with Crippen LogP contribution < -0.4 is 5.73 Å². The maximum absolute atomic E-state index is 5.62. The molecule has 0 saturated heterocycles. The highest BCUT2D eigenvalue weighted by Crippen LogP contribution is 2.16. The number of nitrogens with two attached hydrogens (primary N) is 1. The molecule has 2 rings (SSSR count). The van der Waals surface area contributed by atoms with Gasteiger partial charge in [0.1, 0.15) is 17.7 Å². The second-order valence-corrected chi connectivity index (χ2v) is 2.55. The van der Waals surface area contributed by atoms with Crippen molar-refractivity contribution < 1.29 is 0 Å². The predicted octanol–water partition coefficient (Wildman–Crippen LogP) is 0.915. The lowest BCUT2D eigenvalue weighted by Crippen LogP contribution is -1.95. The Morgan fingerprint density at radius 1 is 1.25 bits per heavy atom. The van der Waals surface area contributed by atoms with Crippen molar-refractivity contribution in [3.05, 3.63) is 24.3 Å². The van der Waals surface area contributed by atoms with Crippen LogP contribution in [0.4, 0.5) is 5.82 Å². The smallest absolute Gasteiger partial charge is 0.150 e. The van der Waals surface area contributed by atoms with Crippen molar-refractivity contribution in [1.29, 1.82) is 0 Å². The highest BCUT2D eigenvalue weighted by Gasteiger charge is 2.01. The Labute approximate surface area is 69.5 Å². The second-order valence-electron chi connectivity index (χ2n) is 2.55. The molecule has 2 N–H and O–H groups in total. The maximum atomic E-state index is 5.62. The van der Waals surface area contributed by atoms with Gasteiger partial charge in [-0.2, -0.15) is 0 Å². The van der Waals surface area contributed by atoms with Crippen LogP contribution in [-0.2, 0) is 0 Å². The molecule has 2 aromatic rings. The van der Waals surface area contributed by atoms with Crippen molar-refractivity contribution in [3.8, 4) is 0 Å². The topological polar surface area (TPSA) is 64.7 Å². The lowest BCUT2D eigenvalue weighted by atomic mass is 10.2. The van der Waals surface area contributed by atoms with Gasteiger partial charge in [0.15, 0.2) is 0 Å². The Bertz CT molecular complexity index is 383. The lowest BCUT2D eigenvalue weighted by molar-refractivity contribution is 1.14. The van der Waals surface area contributed by atoms with Gasteiger partial charge in [-0.25, -0.2) is 15.0 Å². The Kier molecular flexibility index (Phi) is 1.40. The van der Waals surface area contributed by atoms with Crippen molar-refractivity contribution in [2.45, 2.75) is 6.92 Å². The summed E-state index contributed by atoms with van der Waals surface area (Å²) in [5.41, 5.74) is 7.28. The summed E-state index contributed by atoms with van der Waals surface area (Å²) >= 11 is 0. The normalized spacial score (nSPS) is 10.4. The summed E-state index contributed by atoms with van der Waals surface area (Å²) in [6.07, 6.45) is 3.16. The van der Waals surface area contributed by atoms with Crippen LogP contribution in [0.25, 0.3) is 10.9 Å². The van der Waals surface area contributed by atoms with Gasteiger partial charge in [-0.3, -0.25) is 0 Å². The molecule has 4 heteroatoms. The molecule has 0 aliphatic heterocycles. The Hall–Kier alpha value is -1.71. The van der Waals surface area contributed by atoms with Crippen molar-refractivity contribution in [2.24, 2.45) is 0 Å². The molecule has 0 bridgehead atoms. The summed E-state index contributed by atoms with van der Waals surface area (Å²) in [5.74, 6) is 0.456. The Balaban J connectivity index is 2.94. The molecule has 0 atom stereocenters. The van der Waals surface area contributed by atoms with E-state index >= 15 is 0 Å². The average Bonchev–Trinajstić information content (AvgIpc) is 2.07. The molecule has 4 nitrogen and oxygen atoms in total. The fraction of sp³-hybridized carbons (Fsp3) is 0.125. The van der Waals surface area contributed by atoms with E-state index < -0.39 is 0 Å². The number of hydrogen-bond acceptors (Lipinski definition) is 4.